The first kappa shape index (κ1) is 13.0. The van der Waals surface area contributed by atoms with E-state index < -0.39 is 0 Å². The van der Waals surface area contributed by atoms with Gasteiger partial charge in [0.15, 0.2) is 0 Å². The molecule has 1 aliphatic carbocycles. The van der Waals surface area contributed by atoms with E-state index >= 15 is 0 Å². The van der Waals surface area contributed by atoms with Crippen LogP contribution in [0.5, 0.6) is 0 Å². The van der Waals surface area contributed by atoms with Crippen LogP contribution in [0.15, 0.2) is 18.3 Å². The first-order valence-corrected chi connectivity index (χ1v) is 6.58. The van der Waals surface area contributed by atoms with Gasteiger partial charge in [-0.2, -0.15) is 0 Å². The van der Waals surface area contributed by atoms with Gasteiger partial charge in [-0.3, -0.25) is 15.1 Å². The lowest BCUT2D eigenvalue weighted by molar-refractivity contribution is -0.123. The summed E-state index contributed by atoms with van der Waals surface area (Å²) in [4.78, 5) is 16.3. The van der Waals surface area contributed by atoms with Crippen LogP contribution in [0.2, 0.25) is 0 Å². The van der Waals surface area contributed by atoms with Gasteiger partial charge >= 0.3 is 0 Å². The maximum Gasteiger partial charge on any atom is 0.237 e. The molecule has 2 atom stereocenters. The molecule has 0 aromatic carbocycles. The Labute approximate surface area is 108 Å². The number of nitrogens with one attached hydrogen (secondary N) is 2. The van der Waals surface area contributed by atoms with Crippen LogP contribution in [0.4, 0.5) is 0 Å². The van der Waals surface area contributed by atoms with Gasteiger partial charge in [0.2, 0.25) is 5.91 Å². The fourth-order valence-electron chi connectivity index (χ4n) is 2.36. The third-order valence-corrected chi connectivity index (χ3v) is 3.23. The van der Waals surface area contributed by atoms with Crippen molar-refractivity contribution in [3.8, 4) is 0 Å². The van der Waals surface area contributed by atoms with E-state index in [0.29, 0.717) is 0 Å². The van der Waals surface area contributed by atoms with Crippen LogP contribution in [0.1, 0.15) is 44.5 Å². The number of hydrogen-bond donors (Lipinski definition) is 2. The SMILES string of the molecule is CC(C)NC(=O)C(C)NC1CCc2cccnc21. The summed E-state index contributed by atoms with van der Waals surface area (Å²) < 4.78 is 0. The van der Waals surface area contributed by atoms with Crippen LogP contribution in [-0.4, -0.2) is 23.0 Å². The predicted octanol–water partition coefficient (Wildman–Crippen LogP) is 1.57. The van der Waals surface area contributed by atoms with Crippen molar-refractivity contribution in [2.24, 2.45) is 0 Å². The normalized spacial score (nSPS) is 19.7. The van der Waals surface area contributed by atoms with Gasteiger partial charge in [0.25, 0.3) is 0 Å². The van der Waals surface area contributed by atoms with Crippen LogP contribution < -0.4 is 10.6 Å². The van der Waals surface area contributed by atoms with Crippen molar-refractivity contribution in [2.45, 2.75) is 51.7 Å². The van der Waals surface area contributed by atoms with E-state index in [1.165, 1.54) is 5.56 Å². The third-order valence-electron chi connectivity index (χ3n) is 3.23. The van der Waals surface area contributed by atoms with E-state index in [4.69, 9.17) is 0 Å². The van der Waals surface area contributed by atoms with E-state index in [2.05, 4.69) is 21.7 Å². The van der Waals surface area contributed by atoms with Gasteiger partial charge in [-0.25, -0.2) is 0 Å². The van der Waals surface area contributed by atoms with Gasteiger partial charge in [-0.05, 0) is 45.2 Å². The first-order valence-electron chi connectivity index (χ1n) is 6.58. The van der Waals surface area contributed by atoms with Crippen LogP contribution in [0.3, 0.4) is 0 Å². The molecular weight excluding hydrogens is 226 g/mol. The van der Waals surface area contributed by atoms with Gasteiger partial charge in [0.1, 0.15) is 0 Å². The zero-order valence-corrected chi connectivity index (χ0v) is 11.2. The highest BCUT2D eigenvalue weighted by atomic mass is 16.2. The Bertz CT molecular complexity index is 431. The topological polar surface area (TPSA) is 54.0 Å². The summed E-state index contributed by atoms with van der Waals surface area (Å²) in [6.45, 7) is 5.84. The summed E-state index contributed by atoms with van der Waals surface area (Å²) in [5.41, 5.74) is 2.40. The number of hydrogen-bond acceptors (Lipinski definition) is 3. The Morgan fingerprint density at radius 3 is 2.94 bits per heavy atom. The van der Waals surface area contributed by atoms with Crippen LogP contribution in [0.25, 0.3) is 0 Å². The number of pyridine rings is 1. The van der Waals surface area contributed by atoms with Crippen molar-refractivity contribution in [1.29, 1.82) is 0 Å². The zero-order valence-electron chi connectivity index (χ0n) is 11.2. The average Bonchev–Trinajstić information content (AvgIpc) is 2.72. The number of rotatable bonds is 4. The molecule has 1 aromatic rings. The molecule has 0 fully saturated rings. The smallest absolute Gasteiger partial charge is 0.237 e. The minimum Gasteiger partial charge on any atom is -0.353 e. The summed E-state index contributed by atoms with van der Waals surface area (Å²) in [7, 11) is 0. The van der Waals surface area contributed by atoms with Crippen molar-refractivity contribution in [3.05, 3.63) is 29.6 Å². The molecule has 2 unspecified atom stereocenters. The monoisotopic (exact) mass is 247 g/mol. The molecule has 1 aromatic heterocycles. The van der Waals surface area contributed by atoms with Crippen LogP contribution in [-0.2, 0) is 11.2 Å². The number of aryl methyl sites for hydroxylation is 1. The van der Waals surface area contributed by atoms with Crippen molar-refractivity contribution < 1.29 is 4.79 Å². The molecule has 98 valence electrons. The lowest BCUT2D eigenvalue weighted by Crippen LogP contribution is -2.45. The fraction of sp³-hybridized carbons (Fsp3) is 0.571. The molecule has 1 heterocycles. The highest BCUT2D eigenvalue weighted by Gasteiger charge is 2.26. The molecular formula is C14H21N3O. The Morgan fingerprint density at radius 2 is 2.22 bits per heavy atom. The summed E-state index contributed by atoms with van der Waals surface area (Å²) in [6.07, 6.45) is 3.88. The van der Waals surface area contributed by atoms with Crippen molar-refractivity contribution in [3.63, 3.8) is 0 Å². The summed E-state index contributed by atoms with van der Waals surface area (Å²) in [6, 6.07) is 4.27. The maximum absolute atomic E-state index is 11.9. The number of carbonyl (C=O) groups is 1. The molecule has 0 radical (unpaired) electrons. The molecule has 0 bridgehead atoms. The first-order chi connectivity index (χ1) is 8.58. The second-order valence-electron chi connectivity index (χ2n) is 5.19. The molecule has 2 rings (SSSR count). The van der Waals surface area contributed by atoms with Crippen LogP contribution >= 0.6 is 0 Å². The average molecular weight is 247 g/mol. The van der Waals surface area contributed by atoms with Gasteiger partial charge in [-0.15, -0.1) is 0 Å². The summed E-state index contributed by atoms with van der Waals surface area (Å²) in [5.74, 6) is 0.0504. The minimum absolute atomic E-state index is 0.0504. The molecule has 4 heteroatoms. The molecule has 0 aliphatic heterocycles. The number of nitrogens with zero attached hydrogens (tertiary/aromatic N) is 1. The molecule has 0 saturated heterocycles. The van der Waals surface area contributed by atoms with Gasteiger partial charge in [0.05, 0.1) is 17.8 Å². The van der Waals surface area contributed by atoms with Gasteiger partial charge in [-0.1, -0.05) is 6.07 Å². The molecule has 2 N–H and O–H groups in total. The van der Waals surface area contributed by atoms with Crippen LogP contribution in [0, 0.1) is 0 Å². The van der Waals surface area contributed by atoms with E-state index in [1.54, 1.807) is 0 Å². The summed E-state index contributed by atoms with van der Waals surface area (Å²) in [5, 5.41) is 6.28. The fourth-order valence-corrected chi connectivity index (χ4v) is 2.36. The second kappa shape index (κ2) is 5.48. The molecule has 1 amide bonds. The Kier molecular flexibility index (Phi) is 3.97. The summed E-state index contributed by atoms with van der Waals surface area (Å²) >= 11 is 0. The number of fused-ring (bicyclic) bond motifs is 1. The lowest BCUT2D eigenvalue weighted by Gasteiger charge is -2.20. The van der Waals surface area contributed by atoms with E-state index in [9.17, 15) is 4.79 Å². The molecule has 4 nitrogen and oxygen atoms in total. The van der Waals surface area contributed by atoms with Gasteiger partial charge in [0, 0.05) is 12.2 Å². The predicted molar refractivity (Wildman–Crippen MR) is 71.2 cm³/mol. The third kappa shape index (κ3) is 2.88. The van der Waals surface area contributed by atoms with E-state index in [0.717, 1.165) is 18.5 Å². The zero-order chi connectivity index (χ0) is 13.1. The number of carbonyl (C=O) groups excluding carboxylic acids is 1. The lowest BCUT2D eigenvalue weighted by atomic mass is 10.2. The number of amides is 1. The van der Waals surface area contributed by atoms with E-state index in [1.807, 2.05) is 33.0 Å². The van der Waals surface area contributed by atoms with Gasteiger partial charge < -0.3 is 5.32 Å². The molecule has 1 aliphatic rings. The molecule has 0 spiro atoms. The van der Waals surface area contributed by atoms with E-state index in [-0.39, 0.29) is 24.0 Å². The Hall–Kier alpha value is -1.42. The largest absolute Gasteiger partial charge is 0.353 e. The maximum atomic E-state index is 11.9. The minimum atomic E-state index is -0.189. The van der Waals surface area contributed by atoms with Crippen molar-refractivity contribution >= 4 is 5.91 Å². The van der Waals surface area contributed by atoms with Crippen molar-refractivity contribution in [1.82, 2.24) is 15.6 Å². The highest BCUT2D eigenvalue weighted by Crippen LogP contribution is 2.29. The molecule has 18 heavy (non-hydrogen) atoms. The highest BCUT2D eigenvalue weighted by molar-refractivity contribution is 5.81. The molecule has 0 saturated carbocycles. The Morgan fingerprint density at radius 1 is 1.44 bits per heavy atom. The standard InChI is InChI=1S/C14H21N3O/c1-9(2)16-14(18)10(3)17-12-7-6-11-5-4-8-15-13(11)12/h4-5,8-10,12,17H,6-7H2,1-3H3,(H,16,18). The number of aromatic nitrogens is 1. The Balaban J connectivity index is 1.97. The van der Waals surface area contributed by atoms with Crippen molar-refractivity contribution in [2.75, 3.05) is 0 Å². The second-order valence-corrected chi connectivity index (χ2v) is 5.19. The quantitative estimate of drug-likeness (QED) is 0.849.